The molecule has 0 spiro atoms. The maximum Gasteiger partial charge on any atom is 0.461 e. The molecule has 0 radical (unpaired) electrons. The number of rotatable bonds is 15. The van der Waals surface area contributed by atoms with Gasteiger partial charge in [-0.2, -0.15) is 17.6 Å². The molecule has 1 unspecified atom stereocenters. The van der Waals surface area contributed by atoms with Gasteiger partial charge in [0, 0.05) is 18.7 Å². The van der Waals surface area contributed by atoms with Crippen molar-refractivity contribution in [3.63, 3.8) is 0 Å². The van der Waals surface area contributed by atoms with E-state index in [4.69, 9.17) is 26.2 Å². The number of aliphatic carboxylic acids is 1. The highest BCUT2D eigenvalue weighted by Crippen LogP contribution is 2.37. The van der Waals surface area contributed by atoms with E-state index in [1.54, 1.807) is 54.6 Å². The van der Waals surface area contributed by atoms with Crippen LogP contribution in [0.1, 0.15) is 41.6 Å². The second-order valence-electron chi connectivity index (χ2n) is 11.9. The summed E-state index contributed by atoms with van der Waals surface area (Å²) >= 11 is 6.12. The van der Waals surface area contributed by atoms with Gasteiger partial charge in [-0.25, -0.2) is 14.0 Å². The van der Waals surface area contributed by atoms with Gasteiger partial charge in [-0.3, -0.25) is 4.98 Å². The molecule has 5 rings (SSSR count). The Labute approximate surface area is 294 Å². The number of ether oxygens (including phenoxy) is 3. The first kappa shape index (κ1) is 37.3. The summed E-state index contributed by atoms with van der Waals surface area (Å²) in [5.41, 5.74) is -0.342. The van der Waals surface area contributed by atoms with Gasteiger partial charge in [-0.05, 0) is 72.4 Å². The van der Waals surface area contributed by atoms with Gasteiger partial charge in [0.05, 0.1) is 29.5 Å². The summed E-state index contributed by atoms with van der Waals surface area (Å²) in [5.74, 6) is -2.70. The SMILES string of the molecule is O=C(O)COc1ccc(CO[C@@H]2CCCC2NC(=O)N[C@@](Cc2ccccc2)(c2cc(F)cc(OC(F)(F)C(F)F)c2)c2ccc(Cl)cn2)cc1. The monoisotopic (exact) mass is 733 g/mol. The zero-order valence-electron chi connectivity index (χ0n) is 26.8. The molecule has 1 aliphatic rings. The predicted molar refractivity (Wildman–Crippen MR) is 176 cm³/mol. The van der Waals surface area contributed by atoms with Crippen LogP contribution in [0.15, 0.2) is 91.1 Å². The molecule has 9 nitrogen and oxygen atoms in total. The Morgan fingerprint density at radius 1 is 0.961 bits per heavy atom. The molecule has 1 saturated carbocycles. The summed E-state index contributed by atoms with van der Waals surface area (Å²) < 4.78 is 84.8. The number of carboxylic acids is 1. The van der Waals surface area contributed by atoms with Crippen LogP contribution in [0.2, 0.25) is 5.02 Å². The number of carbonyl (C=O) groups excluding carboxylic acids is 1. The molecular weight excluding hydrogens is 701 g/mol. The van der Waals surface area contributed by atoms with E-state index < -0.39 is 60.4 Å². The molecule has 270 valence electrons. The molecule has 15 heteroatoms. The van der Waals surface area contributed by atoms with Crippen molar-refractivity contribution in [1.29, 1.82) is 0 Å². The van der Waals surface area contributed by atoms with Crippen LogP contribution in [0.25, 0.3) is 0 Å². The number of urea groups is 1. The molecule has 51 heavy (non-hydrogen) atoms. The quantitative estimate of drug-likeness (QED) is 0.108. The fraction of sp³-hybridized carbons (Fsp3) is 0.306. The average Bonchev–Trinajstić information content (AvgIpc) is 3.53. The van der Waals surface area contributed by atoms with Crippen molar-refractivity contribution in [2.24, 2.45) is 0 Å². The highest BCUT2D eigenvalue weighted by molar-refractivity contribution is 6.30. The Bertz CT molecular complexity index is 1790. The number of halogens is 6. The Balaban J connectivity index is 1.43. The van der Waals surface area contributed by atoms with Crippen molar-refractivity contribution in [1.82, 2.24) is 15.6 Å². The third-order valence-corrected chi connectivity index (χ3v) is 8.42. The Morgan fingerprint density at radius 3 is 2.37 bits per heavy atom. The molecule has 0 saturated heterocycles. The van der Waals surface area contributed by atoms with Crippen LogP contribution in [0.3, 0.4) is 0 Å². The smallest absolute Gasteiger partial charge is 0.461 e. The van der Waals surface area contributed by atoms with Gasteiger partial charge in [0.25, 0.3) is 0 Å². The van der Waals surface area contributed by atoms with Crippen LogP contribution in [-0.4, -0.2) is 53.4 Å². The molecular formula is C36H33ClF5N3O6. The van der Waals surface area contributed by atoms with Crippen molar-refractivity contribution in [2.45, 2.75) is 62.5 Å². The summed E-state index contributed by atoms with van der Waals surface area (Å²) in [7, 11) is 0. The van der Waals surface area contributed by atoms with Gasteiger partial charge >= 0.3 is 24.5 Å². The minimum atomic E-state index is -4.93. The zero-order chi connectivity index (χ0) is 36.6. The van der Waals surface area contributed by atoms with Crippen molar-refractivity contribution in [2.75, 3.05) is 6.61 Å². The third kappa shape index (κ3) is 9.85. The lowest BCUT2D eigenvalue weighted by Gasteiger charge is -2.36. The van der Waals surface area contributed by atoms with E-state index in [9.17, 15) is 27.2 Å². The molecule has 4 aromatic rings. The van der Waals surface area contributed by atoms with E-state index in [1.807, 2.05) is 0 Å². The van der Waals surface area contributed by atoms with Crippen molar-refractivity contribution >= 4 is 23.6 Å². The molecule has 0 bridgehead atoms. The van der Waals surface area contributed by atoms with Gasteiger partial charge in [0.15, 0.2) is 6.61 Å². The van der Waals surface area contributed by atoms with E-state index in [-0.39, 0.29) is 29.3 Å². The van der Waals surface area contributed by atoms with E-state index in [0.29, 0.717) is 30.2 Å². The predicted octanol–water partition coefficient (Wildman–Crippen LogP) is 7.50. The van der Waals surface area contributed by atoms with Gasteiger partial charge in [-0.1, -0.05) is 54.1 Å². The van der Waals surface area contributed by atoms with Crippen LogP contribution in [0.5, 0.6) is 11.5 Å². The second kappa shape index (κ2) is 16.4. The summed E-state index contributed by atoms with van der Waals surface area (Å²) in [6, 6.07) is 19.6. The number of amides is 2. The van der Waals surface area contributed by atoms with Crippen molar-refractivity contribution in [3.8, 4) is 11.5 Å². The van der Waals surface area contributed by atoms with E-state index in [0.717, 1.165) is 24.1 Å². The molecule has 1 aliphatic carbocycles. The average molecular weight is 734 g/mol. The molecule has 1 aromatic heterocycles. The Hall–Kier alpha value is -4.95. The molecule has 1 heterocycles. The lowest BCUT2D eigenvalue weighted by Crippen LogP contribution is -2.55. The van der Waals surface area contributed by atoms with Gasteiger partial charge in [0.1, 0.15) is 22.9 Å². The Morgan fingerprint density at radius 2 is 1.71 bits per heavy atom. The van der Waals surface area contributed by atoms with E-state index >= 15 is 4.39 Å². The molecule has 0 aliphatic heterocycles. The molecule has 3 atom stereocenters. The van der Waals surface area contributed by atoms with Crippen LogP contribution >= 0.6 is 11.6 Å². The lowest BCUT2D eigenvalue weighted by atomic mass is 9.80. The molecule has 3 N–H and O–H groups in total. The maximum atomic E-state index is 15.2. The van der Waals surface area contributed by atoms with Crippen LogP contribution in [0, 0.1) is 5.82 Å². The number of nitrogens with zero attached hydrogens (tertiary/aromatic N) is 1. The fourth-order valence-corrected chi connectivity index (χ4v) is 5.95. The topological polar surface area (TPSA) is 119 Å². The number of hydrogen-bond acceptors (Lipinski definition) is 6. The summed E-state index contributed by atoms with van der Waals surface area (Å²) in [6.45, 7) is -0.289. The first-order chi connectivity index (χ1) is 24.3. The third-order valence-electron chi connectivity index (χ3n) is 8.19. The normalized spacial score (nSPS) is 17.1. The minimum absolute atomic E-state index is 0.0825. The number of nitrogens with one attached hydrogen (secondary N) is 2. The first-order valence-corrected chi connectivity index (χ1v) is 16.2. The molecule has 2 amide bonds. The number of carbonyl (C=O) groups is 2. The number of aromatic nitrogens is 1. The lowest BCUT2D eigenvalue weighted by molar-refractivity contribution is -0.253. The molecule has 3 aromatic carbocycles. The van der Waals surface area contributed by atoms with Crippen molar-refractivity contribution < 1.29 is 50.9 Å². The van der Waals surface area contributed by atoms with Gasteiger partial charge < -0.3 is 30.0 Å². The van der Waals surface area contributed by atoms with Gasteiger partial charge in [0.2, 0.25) is 0 Å². The summed E-state index contributed by atoms with van der Waals surface area (Å²) in [5, 5.41) is 14.9. The molecule has 1 fully saturated rings. The minimum Gasteiger partial charge on any atom is -0.482 e. The highest BCUT2D eigenvalue weighted by Gasteiger charge is 2.45. The summed E-state index contributed by atoms with van der Waals surface area (Å²) in [6.07, 6.45) is -6.39. The standard InChI is InChI=1S/C36H33ClF5N3O6/c37-25-11-14-31(43-19-25)35(18-22-5-2-1-3-6-22,24-15-26(38)17-28(16-24)51-36(41,42)33(39)40)45-34(48)44-29-7-4-8-30(29)50-20-23-9-12-27(13-10-23)49-21-32(46)47/h1-3,5-6,9-17,19,29-30,33H,4,7-8,18,20-21H2,(H,46,47)(H2,44,45,48)/t29?,30-,35+/m1/s1. The number of carboxylic acid groups (broad SMARTS) is 1. The fourth-order valence-electron chi connectivity index (χ4n) is 5.84. The second-order valence-corrected chi connectivity index (χ2v) is 12.3. The van der Waals surface area contributed by atoms with E-state index in [2.05, 4.69) is 20.4 Å². The highest BCUT2D eigenvalue weighted by atomic mass is 35.5. The number of hydrogen-bond donors (Lipinski definition) is 3. The number of alkyl halides is 4. The van der Waals surface area contributed by atoms with Crippen LogP contribution < -0.4 is 20.1 Å². The largest absolute Gasteiger partial charge is 0.482 e. The van der Waals surface area contributed by atoms with E-state index in [1.165, 1.54) is 18.3 Å². The zero-order valence-corrected chi connectivity index (χ0v) is 27.6. The maximum absolute atomic E-state index is 15.2. The number of benzene rings is 3. The van der Waals surface area contributed by atoms with Crippen LogP contribution in [0.4, 0.5) is 26.7 Å². The Kier molecular flexibility index (Phi) is 12.0. The van der Waals surface area contributed by atoms with Crippen molar-refractivity contribution in [3.05, 3.63) is 124 Å². The first-order valence-electron chi connectivity index (χ1n) is 15.8. The van der Waals surface area contributed by atoms with Crippen LogP contribution in [-0.2, 0) is 28.1 Å². The van der Waals surface area contributed by atoms with Gasteiger partial charge in [-0.15, -0.1) is 0 Å². The number of pyridine rings is 1. The summed E-state index contributed by atoms with van der Waals surface area (Å²) in [4.78, 5) is 29.1.